The summed E-state index contributed by atoms with van der Waals surface area (Å²) in [4.78, 5) is 34.0. The molecule has 2 aromatic carbocycles. The summed E-state index contributed by atoms with van der Waals surface area (Å²) in [5.41, 5.74) is 0.180. The van der Waals surface area contributed by atoms with Crippen molar-refractivity contribution in [3.05, 3.63) is 68.7 Å². The summed E-state index contributed by atoms with van der Waals surface area (Å²) in [5, 5.41) is 22.7. The van der Waals surface area contributed by atoms with Crippen LogP contribution in [-0.2, 0) is 4.79 Å². The van der Waals surface area contributed by atoms with Crippen molar-refractivity contribution in [3.8, 4) is 5.75 Å². The number of halogens is 1. The number of benzene rings is 2. The van der Waals surface area contributed by atoms with Gasteiger partial charge in [0.25, 0.3) is 11.6 Å². The fraction of sp³-hybridized carbons (Fsp3) is 0.263. The number of nitro groups is 1. The number of carboxylic acid groups (broad SMARTS) is 1. The lowest BCUT2D eigenvalue weighted by atomic mass is 10.0. The minimum atomic E-state index is -1.10. The zero-order chi connectivity index (χ0) is 20.7. The predicted molar refractivity (Wildman–Crippen MR) is 103 cm³/mol. The van der Waals surface area contributed by atoms with E-state index in [9.17, 15) is 19.7 Å². The second kappa shape index (κ2) is 9.70. The molecule has 2 aromatic rings. The molecule has 1 amide bonds. The van der Waals surface area contributed by atoms with Gasteiger partial charge in [0.1, 0.15) is 10.8 Å². The van der Waals surface area contributed by atoms with E-state index >= 15 is 0 Å². The number of ether oxygens (including phenoxy) is 1. The fourth-order valence-corrected chi connectivity index (χ4v) is 2.67. The third-order valence-corrected chi connectivity index (χ3v) is 4.16. The van der Waals surface area contributed by atoms with Gasteiger partial charge >= 0.3 is 5.97 Å². The summed E-state index contributed by atoms with van der Waals surface area (Å²) in [6, 6.07) is 9.55. The van der Waals surface area contributed by atoms with E-state index in [0.29, 0.717) is 17.9 Å². The van der Waals surface area contributed by atoms with E-state index in [0.717, 1.165) is 12.5 Å². The molecule has 0 saturated carbocycles. The van der Waals surface area contributed by atoms with E-state index in [1.165, 1.54) is 12.1 Å². The third kappa shape index (κ3) is 5.68. The number of nitrogens with zero attached hydrogens (tertiary/aromatic N) is 1. The standard InChI is InChI=1S/C19H19ClN2O6/c1-2-9-28-14-6-3-12(4-7-14)16(11-18(23)24)21-19(25)13-5-8-15(20)17(10-13)22(26)27/h3-8,10,16H,2,9,11H2,1H3,(H,21,25)(H,23,24)/t16-/m0/s1. The van der Waals surface area contributed by atoms with Crippen LogP contribution >= 0.6 is 11.6 Å². The van der Waals surface area contributed by atoms with Crippen molar-refractivity contribution in [1.82, 2.24) is 5.32 Å². The van der Waals surface area contributed by atoms with Crippen LogP contribution in [-0.4, -0.2) is 28.5 Å². The van der Waals surface area contributed by atoms with Crippen LogP contribution in [0.15, 0.2) is 42.5 Å². The average Bonchev–Trinajstić information content (AvgIpc) is 2.66. The molecule has 0 radical (unpaired) electrons. The molecule has 0 heterocycles. The molecule has 1 atom stereocenters. The Balaban J connectivity index is 2.22. The van der Waals surface area contributed by atoms with Crippen molar-refractivity contribution < 1.29 is 24.4 Å². The molecule has 28 heavy (non-hydrogen) atoms. The Morgan fingerprint density at radius 2 is 1.93 bits per heavy atom. The lowest BCUT2D eigenvalue weighted by Crippen LogP contribution is -2.30. The molecule has 0 aliphatic rings. The number of carboxylic acids is 1. The quantitative estimate of drug-likeness (QED) is 0.480. The van der Waals surface area contributed by atoms with Gasteiger partial charge in [-0.2, -0.15) is 0 Å². The number of nitro benzene ring substituents is 1. The maximum Gasteiger partial charge on any atom is 0.305 e. The molecule has 2 rings (SSSR count). The van der Waals surface area contributed by atoms with E-state index in [2.05, 4.69) is 5.32 Å². The first-order valence-electron chi connectivity index (χ1n) is 8.51. The number of amides is 1. The Kier molecular flexibility index (Phi) is 7.34. The first-order valence-corrected chi connectivity index (χ1v) is 8.89. The zero-order valence-corrected chi connectivity index (χ0v) is 15.8. The van der Waals surface area contributed by atoms with Crippen LogP contribution in [0.25, 0.3) is 0 Å². The normalized spacial score (nSPS) is 11.5. The van der Waals surface area contributed by atoms with Crippen LogP contribution in [0.4, 0.5) is 5.69 Å². The van der Waals surface area contributed by atoms with Gasteiger partial charge in [-0.15, -0.1) is 0 Å². The molecule has 0 aliphatic heterocycles. The Morgan fingerprint density at radius 3 is 2.50 bits per heavy atom. The van der Waals surface area contributed by atoms with Gasteiger partial charge in [0.15, 0.2) is 0 Å². The molecule has 9 heteroatoms. The number of carbonyl (C=O) groups excluding carboxylic acids is 1. The molecule has 0 aromatic heterocycles. The van der Waals surface area contributed by atoms with Crippen molar-refractivity contribution in [2.24, 2.45) is 0 Å². The lowest BCUT2D eigenvalue weighted by molar-refractivity contribution is -0.384. The van der Waals surface area contributed by atoms with Gasteiger partial charge in [-0.25, -0.2) is 0 Å². The maximum atomic E-state index is 12.5. The summed E-state index contributed by atoms with van der Waals surface area (Å²) in [7, 11) is 0. The highest BCUT2D eigenvalue weighted by Crippen LogP contribution is 2.26. The predicted octanol–water partition coefficient (Wildman–Crippen LogP) is 3.98. The Labute approximate surface area is 166 Å². The lowest BCUT2D eigenvalue weighted by Gasteiger charge is -2.18. The van der Waals surface area contributed by atoms with Crippen molar-refractivity contribution in [2.75, 3.05) is 6.61 Å². The second-order valence-corrected chi connectivity index (χ2v) is 6.37. The summed E-state index contributed by atoms with van der Waals surface area (Å²) in [6.45, 7) is 2.54. The summed E-state index contributed by atoms with van der Waals surface area (Å²) >= 11 is 5.75. The molecular weight excluding hydrogens is 388 g/mol. The molecule has 8 nitrogen and oxygen atoms in total. The highest BCUT2D eigenvalue weighted by molar-refractivity contribution is 6.32. The maximum absolute atomic E-state index is 12.5. The number of aliphatic carboxylic acids is 1. The molecule has 2 N–H and O–H groups in total. The molecule has 0 unspecified atom stereocenters. The van der Waals surface area contributed by atoms with Crippen molar-refractivity contribution in [1.29, 1.82) is 0 Å². The van der Waals surface area contributed by atoms with Gasteiger partial charge < -0.3 is 15.2 Å². The van der Waals surface area contributed by atoms with Gasteiger partial charge in [-0.3, -0.25) is 19.7 Å². The number of nitrogens with one attached hydrogen (secondary N) is 1. The van der Waals surface area contributed by atoms with Crippen LogP contribution in [0, 0.1) is 10.1 Å². The number of hydrogen-bond acceptors (Lipinski definition) is 5. The van der Waals surface area contributed by atoms with Gasteiger partial charge in [0, 0.05) is 11.6 Å². The number of rotatable bonds is 9. The van der Waals surface area contributed by atoms with Crippen LogP contribution in [0.5, 0.6) is 5.75 Å². The average molecular weight is 407 g/mol. The molecule has 0 fully saturated rings. The van der Waals surface area contributed by atoms with Gasteiger partial charge in [-0.1, -0.05) is 30.7 Å². The number of hydrogen-bond donors (Lipinski definition) is 2. The molecule has 0 saturated heterocycles. The third-order valence-electron chi connectivity index (χ3n) is 3.84. The van der Waals surface area contributed by atoms with Gasteiger partial charge in [0.2, 0.25) is 0 Å². The summed E-state index contributed by atoms with van der Waals surface area (Å²) in [5.74, 6) is -1.10. The van der Waals surface area contributed by atoms with Crippen molar-refractivity contribution in [3.63, 3.8) is 0 Å². The number of carbonyl (C=O) groups is 2. The largest absolute Gasteiger partial charge is 0.494 e. The van der Waals surface area contributed by atoms with E-state index < -0.39 is 28.5 Å². The highest BCUT2D eigenvalue weighted by Gasteiger charge is 2.21. The van der Waals surface area contributed by atoms with Crippen LogP contribution in [0.3, 0.4) is 0 Å². The Hall–Kier alpha value is -3.13. The van der Waals surface area contributed by atoms with E-state index in [1.807, 2.05) is 6.92 Å². The highest BCUT2D eigenvalue weighted by atomic mass is 35.5. The van der Waals surface area contributed by atoms with Crippen LogP contribution in [0.1, 0.15) is 41.7 Å². The molecule has 0 aliphatic carbocycles. The molecular formula is C19H19ClN2O6. The van der Waals surface area contributed by atoms with Gasteiger partial charge in [0.05, 0.1) is 24.0 Å². The topological polar surface area (TPSA) is 119 Å². The minimum absolute atomic E-state index is 0.00869. The molecule has 0 spiro atoms. The summed E-state index contributed by atoms with van der Waals surface area (Å²) in [6.07, 6.45) is 0.503. The molecule has 0 bridgehead atoms. The van der Waals surface area contributed by atoms with Crippen LogP contribution in [0.2, 0.25) is 5.02 Å². The fourth-order valence-electron chi connectivity index (χ4n) is 2.48. The molecule has 148 valence electrons. The second-order valence-electron chi connectivity index (χ2n) is 5.96. The van der Waals surface area contributed by atoms with Crippen molar-refractivity contribution in [2.45, 2.75) is 25.8 Å². The first-order chi connectivity index (χ1) is 13.3. The summed E-state index contributed by atoms with van der Waals surface area (Å²) < 4.78 is 5.49. The van der Waals surface area contributed by atoms with E-state index in [1.54, 1.807) is 24.3 Å². The first kappa shape index (κ1) is 21.2. The Morgan fingerprint density at radius 1 is 1.25 bits per heavy atom. The minimum Gasteiger partial charge on any atom is -0.494 e. The Bertz CT molecular complexity index is 869. The zero-order valence-electron chi connectivity index (χ0n) is 15.1. The van der Waals surface area contributed by atoms with Crippen LogP contribution < -0.4 is 10.1 Å². The monoisotopic (exact) mass is 406 g/mol. The van der Waals surface area contributed by atoms with E-state index in [4.69, 9.17) is 21.4 Å². The van der Waals surface area contributed by atoms with Crippen molar-refractivity contribution >= 4 is 29.2 Å². The SMILES string of the molecule is CCCOc1ccc([C@H](CC(=O)O)NC(=O)c2ccc(Cl)c([N+](=O)[O-])c2)cc1. The smallest absolute Gasteiger partial charge is 0.305 e. The van der Waals surface area contributed by atoms with E-state index in [-0.39, 0.29) is 17.0 Å². The van der Waals surface area contributed by atoms with Gasteiger partial charge in [-0.05, 0) is 36.2 Å².